The zero-order chi connectivity index (χ0) is 16.8. The van der Waals surface area contributed by atoms with E-state index < -0.39 is 7.59 Å². The summed E-state index contributed by atoms with van der Waals surface area (Å²) in [6.45, 7) is 0. The minimum Gasteiger partial charge on any atom is -0.122 e. The maximum atomic E-state index is 5.72. The minimum atomic E-state index is -1.60. The van der Waals surface area contributed by atoms with Crippen molar-refractivity contribution in [3.8, 4) is 0 Å². The molecule has 0 unspecified atom stereocenters. The van der Waals surface area contributed by atoms with Crippen LogP contribution in [0.2, 0.25) is 0 Å². The molecule has 0 amide bonds. The first-order valence-electron chi connectivity index (χ1n) is 5.99. The van der Waals surface area contributed by atoms with Crippen molar-refractivity contribution in [2.45, 2.75) is 13.5 Å². The number of hydrogen-bond donors (Lipinski definition) is 0. The van der Waals surface area contributed by atoms with E-state index in [0.717, 1.165) is 0 Å². The van der Waals surface area contributed by atoms with Gasteiger partial charge < -0.3 is 0 Å². The van der Waals surface area contributed by atoms with Gasteiger partial charge >= 0.3 is 0 Å². The molecule has 22 heavy (non-hydrogen) atoms. The molecule has 0 fully saturated rings. The fraction of sp³-hybridized carbons (Fsp3) is 0.200. The van der Waals surface area contributed by atoms with Gasteiger partial charge in [0.25, 0.3) is 0 Å². The number of rotatable bonds is 1. The third kappa shape index (κ3) is 6.93. The molecule has 0 aliphatic heterocycles. The highest BCUT2D eigenvalue weighted by Crippen LogP contribution is 2.47. The molecule has 2 aromatic carbocycles. The van der Waals surface area contributed by atoms with Gasteiger partial charge in [-0.05, 0) is 5.56 Å². The second-order valence-corrected chi connectivity index (χ2v) is 8.99. The van der Waals surface area contributed by atoms with Crippen LogP contribution in [0.4, 0.5) is 0 Å². The number of hydrogen-bond acceptors (Lipinski definition) is 0. The van der Waals surface area contributed by atoms with Gasteiger partial charge in [0, 0.05) is 17.0 Å². The summed E-state index contributed by atoms with van der Waals surface area (Å²) in [6.07, 6.45) is 0. The summed E-state index contributed by atoms with van der Waals surface area (Å²) in [5, 5.41) is 0. The van der Waals surface area contributed by atoms with E-state index in [1.54, 1.807) is 24.3 Å². The third-order valence-corrected chi connectivity index (χ3v) is 4.07. The summed E-state index contributed by atoms with van der Waals surface area (Å²) >= 11 is 39.9. The minimum absolute atomic E-state index is 0.366. The highest BCUT2D eigenvalue weighted by atomic mass is 35.6. The van der Waals surface area contributed by atoms with Gasteiger partial charge in [-0.25, -0.2) is 0 Å². The molecule has 0 saturated heterocycles. The van der Waals surface area contributed by atoms with Crippen LogP contribution in [0.5, 0.6) is 0 Å². The molecule has 0 radical (unpaired) electrons. The first-order valence-corrected chi connectivity index (χ1v) is 8.80. The predicted molar refractivity (Wildman–Crippen MR) is 101 cm³/mol. The molecular formula is C15H11Cl7. The van der Waals surface area contributed by atoms with Crippen LogP contribution in [0.3, 0.4) is 0 Å². The number of benzene rings is 2. The quantitative estimate of drug-likeness (QED) is 0.398. The molecule has 2 aromatic rings. The average molecular weight is 439 g/mol. The van der Waals surface area contributed by atoms with Gasteiger partial charge in [-0.15, -0.1) is 11.6 Å². The molecule has 0 nitrogen and oxygen atoms in total. The van der Waals surface area contributed by atoms with Crippen molar-refractivity contribution in [3.63, 3.8) is 0 Å². The van der Waals surface area contributed by atoms with E-state index in [1.807, 2.05) is 30.3 Å². The highest BCUT2D eigenvalue weighted by Gasteiger charge is 2.33. The molecule has 2 rings (SSSR count). The average Bonchev–Trinajstić information content (AvgIpc) is 2.47. The number of halogens is 7. The monoisotopic (exact) mass is 436 g/mol. The smallest absolute Gasteiger partial charge is 0.122 e. The van der Waals surface area contributed by atoms with Gasteiger partial charge in [-0.1, -0.05) is 124 Å². The summed E-state index contributed by atoms with van der Waals surface area (Å²) in [4.78, 5) is 0. The lowest BCUT2D eigenvalue weighted by Crippen LogP contribution is -2.11. The Hall–Kier alpha value is 0.470. The Morgan fingerprint density at radius 1 is 0.591 bits per heavy atom. The Bertz CT molecular complexity index is 537. The Balaban J connectivity index is 0.000000255. The molecule has 7 heteroatoms. The van der Waals surface area contributed by atoms with Crippen LogP contribution >= 0.6 is 81.2 Å². The third-order valence-electron chi connectivity index (χ3n) is 2.53. The van der Waals surface area contributed by atoms with Gasteiger partial charge in [-0.2, -0.15) is 0 Å². The topological polar surface area (TPSA) is 0 Å². The summed E-state index contributed by atoms with van der Waals surface area (Å²) < 4.78 is -3.19. The Labute approximate surface area is 165 Å². The summed E-state index contributed by atoms with van der Waals surface area (Å²) in [6, 6.07) is 16.6. The molecular weight excluding hydrogens is 428 g/mol. The highest BCUT2D eigenvalue weighted by molar-refractivity contribution is 6.69. The van der Waals surface area contributed by atoms with Gasteiger partial charge in [0.1, 0.15) is 0 Å². The van der Waals surface area contributed by atoms with Gasteiger partial charge in [0.05, 0.1) is 0 Å². The lowest BCUT2D eigenvalue weighted by Gasteiger charge is -2.20. The predicted octanol–water partition coefficient (Wildman–Crippen LogP) is 7.77. The van der Waals surface area contributed by atoms with Gasteiger partial charge in [0.15, 0.2) is 0 Å². The van der Waals surface area contributed by atoms with Crippen LogP contribution in [-0.4, -0.2) is 0 Å². The van der Waals surface area contributed by atoms with Gasteiger partial charge in [0.2, 0.25) is 7.59 Å². The molecule has 120 valence electrons. The second-order valence-electron chi connectivity index (χ2n) is 4.16. The molecule has 0 saturated carbocycles. The Morgan fingerprint density at radius 3 is 1.23 bits per heavy atom. The van der Waals surface area contributed by atoms with E-state index in [4.69, 9.17) is 81.2 Å². The van der Waals surface area contributed by atoms with Crippen molar-refractivity contribution in [2.75, 3.05) is 0 Å². The summed E-state index contributed by atoms with van der Waals surface area (Å²) in [5.41, 5.74) is 1.91. The van der Waals surface area contributed by atoms with Crippen LogP contribution in [-0.2, 0) is 13.5 Å². The summed E-state index contributed by atoms with van der Waals surface area (Å²) in [5.74, 6) is 0.612. The van der Waals surface area contributed by atoms with E-state index in [-0.39, 0.29) is 0 Å². The van der Waals surface area contributed by atoms with E-state index in [0.29, 0.717) is 17.0 Å². The SMILES string of the molecule is ClC(Cl)(Cl)c1ccccc1C(Cl)(Cl)Cl.ClCc1ccccc1. The van der Waals surface area contributed by atoms with Crippen molar-refractivity contribution >= 4 is 81.2 Å². The van der Waals surface area contributed by atoms with Crippen LogP contribution in [0.1, 0.15) is 16.7 Å². The van der Waals surface area contributed by atoms with Crippen LogP contribution in [0.25, 0.3) is 0 Å². The molecule has 0 N–H and O–H groups in total. The zero-order valence-corrected chi connectivity index (χ0v) is 16.3. The van der Waals surface area contributed by atoms with E-state index >= 15 is 0 Å². The Morgan fingerprint density at radius 2 is 0.955 bits per heavy atom. The van der Waals surface area contributed by atoms with E-state index in [9.17, 15) is 0 Å². The van der Waals surface area contributed by atoms with Crippen molar-refractivity contribution in [1.29, 1.82) is 0 Å². The van der Waals surface area contributed by atoms with Crippen molar-refractivity contribution < 1.29 is 0 Å². The molecule has 0 atom stereocenters. The van der Waals surface area contributed by atoms with E-state index in [2.05, 4.69) is 0 Å². The van der Waals surface area contributed by atoms with Crippen molar-refractivity contribution in [2.24, 2.45) is 0 Å². The largest absolute Gasteiger partial charge is 0.216 e. The van der Waals surface area contributed by atoms with E-state index in [1.165, 1.54) is 5.56 Å². The van der Waals surface area contributed by atoms with Crippen molar-refractivity contribution in [3.05, 3.63) is 71.3 Å². The molecule has 0 bridgehead atoms. The molecule has 0 aliphatic rings. The van der Waals surface area contributed by atoms with Crippen LogP contribution < -0.4 is 0 Å². The van der Waals surface area contributed by atoms with Crippen LogP contribution in [0, 0.1) is 0 Å². The normalized spacial score (nSPS) is 11.6. The molecule has 0 aliphatic carbocycles. The maximum absolute atomic E-state index is 5.72. The molecule has 0 spiro atoms. The zero-order valence-electron chi connectivity index (χ0n) is 11.0. The summed E-state index contributed by atoms with van der Waals surface area (Å²) in [7, 11) is 0. The fourth-order valence-electron chi connectivity index (χ4n) is 1.54. The number of alkyl halides is 7. The fourth-order valence-corrected chi connectivity index (χ4v) is 2.71. The standard InChI is InChI=1S/C8H4Cl6.C7H7Cl/c9-7(10,11)5-3-1-2-4-6(5)8(12,13)14;8-6-7-4-2-1-3-5-7/h1-4H;1-5H,6H2. The van der Waals surface area contributed by atoms with Crippen molar-refractivity contribution in [1.82, 2.24) is 0 Å². The lowest BCUT2D eigenvalue weighted by molar-refractivity contribution is 1.11. The van der Waals surface area contributed by atoms with Gasteiger partial charge in [-0.3, -0.25) is 0 Å². The first kappa shape index (κ1) is 20.5. The molecule has 0 heterocycles. The molecule has 0 aromatic heterocycles. The second kappa shape index (κ2) is 9.08. The van der Waals surface area contributed by atoms with Crippen LogP contribution in [0.15, 0.2) is 54.6 Å². The Kier molecular flexibility index (Phi) is 8.47. The first-order chi connectivity index (χ1) is 10.2. The maximum Gasteiger partial charge on any atom is 0.216 e. The lowest BCUT2D eigenvalue weighted by atomic mass is 10.1.